The third-order valence-electron chi connectivity index (χ3n) is 5.79. The molecular formula is C21H25N3O3S2. The summed E-state index contributed by atoms with van der Waals surface area (Å²) in [5, 5.41) is 5.49. The van der Waals surface area contributed by atoms with Gasteiger partial charge in [0.05, 0.1) is 10.4 Å². The molecule has 3 N–H and O–H groups in total. The number of carbonyl (C=O) groups is 3. The number of hydrogen-bond acceptors (Lipinski definition) is 5. The summed E-state index contributed by atoms with van der Waals surface area (Å²) in [5.41, 5.74) is 7.20. The Kier molecular flexibility index (Phi) is 6.01. The summed E-state index contributed by atoms with van der Waals surface area (Å²) in [6.45, 7) is 1.14. The van der Waals surface area contributed by atoms with E-state index < -0.39 is 5.91 Å². The zero-order valence-electron chi connectivity index (χ0n) is 16.2. The summed E-state index contributed by atoms with van der Waals surface area (Å²) in [7, 11) is 0. The number of nitrogens with two attached hydrogens (primary N) is 1. The number of anilines is 1. The number of thiophene rings is 2. The van der Waals surface area contributed by atoms with Gasteiger partial charge in [0, 0.05) is 23.9 Å². The molecule has 0 saturated carbocycles. The Bertz CT molecular complexity index is 912. The molecule has 6 nitrogen and oxygen atoms in total. The van der Waals surface area contributed by atoms with E-state index in [1.807, 2.05) is 22.4 Å². The van der Waals surface area contributed by atoms with Crippen LogP contribution in [0.4, 0.5) is 5.00 Å². The van der Waals surface area contributed by atoms with E-state index in [-0.39, 0.29) is 17.7 Å². The number of nitrogens with one attached hydrogen (secondary N) is 1. The van der Waals surface area contributed by atoms with E-state index in [9.17, 15) is 14.4 Å². The fourth-order valence-corrected chi connectivity index (χ4v) is 6.19. The summed E-state index contributed by atoms with van der Waals surface area (Å²) in [5.74, 6) is -0.662. The van der Waals surface area contributed by atoms with Crippen molar-refractivity contribution in [3.05, 3.63) is 38.4 Å². The van der Waals surface area contributed by atoms with Crippen LogP contribution in [0, 0.1) is 5.92 Å². The summed E-state index contributed by atoms with van der Waals surface area (Å²) in [4.78, 5) is 41.2. The Morgan fingerprint density at radius 3 is 2.55 bits per heavy atom. The van der Waals surface area contributed by atoms with Crippen molar-refractivity contribution in [2.75, 3.05) is 18.4 Å². The first-order valence-corrected chi connectivity index (χ1v) is 11.8. The minimum atomic E-state index is -0.462. The second kappa shape index (κ2) is 8.67. The van der Waals surface area contributed by atoms with Gasteiger partial charge in [-0.3, -0.25) is 14.4 Å². The molecule has 0 radical (unpaired) electrons. The Labute approximate surface area is 178 Å². The van der Waals surface area contributed by atoms with Crippen LogP contribution in [0.2, 0.25) is 0 Å². The minimum Gasteiger partial charge on any atom is -0.365 e. The Morgan fingerprint density at radius 2 is 1.86 bits per heavy atom. The van der Waals surface area contributed by atoms with E-state index in [1.165, 1.54) is 27.6 Å². The number of likely N-dealkylation sites (tertiary alicyclic amines) is 1. The second-order valence-corrected chi connectivity index (χ2v) is 9.72. The van der Waals surface area contributed by atoms with Crippen LogP contribution in [0.3, 0.4) is 0 Å². The number of carbonyl (C=O) groups excluding carboxylic acids is 3. The van der Waals surface area contributed by atoms with Crippen molar-refractivity contribution in [3.63, 3.8) is 0 Å². The molecule has 29 heavy (non-hydrogen) atoms. The molecule has 0 bridgehead atoms. The van der Waals surface area contributed by atoms with Gasteiger partial charge in [-0.05, 0) is 55.5 Å². The first-order chi connectivity index (χ1) is 14.0. The number of rotatable bonds is 4. The molecule has 1 aliphatic carbocycles. The van der Waals surface area contributed by atoms with Gasteiger partial charge in [0.15, 0.2) is 0 Å². The third kappa shape index (κ3) is 4.23. The first kappa shape index (κ1) is 20.1. The molecule has 154 valence electrons. The summed E-state index contributed by atoms with van der Waals surface area (Å²) < 4.78 is 0. The molecule has 3 amide bonds. The van der Waals surface area contributed by atoms with Gasteiger partial charge < -0.3 is 16.0 Å². The highest BCUT2D eigenvalue weighted by Crippen LogP contribution is 2.37. The highest BCUT2D eigenvalue weighted by molar-refractivity contribution is 7.17. The molecule has 2 aromatic heterocycles. The van der Waals surface area contributed by atoms with Crippen LogP contribution in [0.15, 0.2) is 17.5 Å². The molecule has 4 rings (SSSR count). The molecule has 3 heterocycles. The van der Waals surface area contributed by atoms with Crippen LogP contribution < -0.4 is 11.1 Å². The summed E-state index contributed by atoms with van der Waals surface area (Å²) >= 11 is 2.94. The number of nitrogens with zero attached hydrogens (tertiary/aromatic N) is 1. The van der Waals surface area contributed by atoms with Crippen LogP contribution in [0.1, 0.15) is 62.6 Å². The maximum atomic E-state index is 12.9. The molecule has 0 unspecified atom stereocenters. The van der Waals surface area contributed by atoms with Crippen molar-refractivity contribution in [2.45, 2.75) is 44.9 Å². The quantitative estimate of drug-likeness (QED) is 0.724. The number of hydrogen-bond donors (Lipinski definition) is 2. The maximum absolute atomic E-state index is 12.9. The van der Waals surface area contributed by atoms with E-state index in [0.29, 0.717) is 36.5 Å². The molecule has 0 aromatic carbocycles. The summed E-state index contributed by atoms with van der Waals surface area (Å²) in [6.07, 6.45) is 6.36. The van der Waals surface area contributed by atoms with E-state index in [2.05, 4.69) is 5.32 Å². The van der Waals surface area contributed by atoms with Crippen LogP contribution in [-0.4, -0.2) is 35.7 Å². The highest BCUT2D eigenvalue weighted by Gasteiger charge is 2.30. The van der Waals surface area contributed by atoms with Gasteiger partial charge in [-0.15, -0.1) is 22.7 Å². The van der Waals surface area contributed by atoms with E-state index in [1.54, 1.807) is 0 Å². The SMILES string of the molecule is NC(=O)c1c(NC(=O)C2CCN(C(=O)c3cccs3)CC2)sc2c1CCCCC2. The average molecular weight is 432 g/mol. The second-order valence-electron chi connectivity index (χ2n) is 7.67. The topological polar surface area (TPSA) is 92.5 Å². The van der Waals surface area contributed by atoms with Crippen LogP contribution >= 0.6 is 22.7 Å². The van der Waals surface area contributed by atoms with Crippen molar-refractivity contribution < 1.29 is 14.4 Å². The molecule has 2 aliphatic rings. The molecule has 0 atom stereocenters. The third-order valence-corrected chi connectivity index (χ3v) is 7.85. The predicted octanol–water partition coefficient (Wildman–Crippen LogP) is 3.67. The molecule has 1 saturated heterocycles. The fourth-order valence-electron chi connectivity index (χ4n) is 4.21. The van der Waals surface area contributed by atoms with Gasteiger partial charge in [0.1, 0.15) is 5.00 Å². The van der Waals surface area contributed by atoms with Crippen molar-refractivity contribution in [1.29, 1.82) is 0 Å². The van der Waals surface area contributed by atoms with Crippen molar-refractivity contribution in [2.24, 2.45) is 11.7 Å². The van der Waals surface area contributed by atoms with Gasteiger partial charge in [-0.25, -0.2) is 0 Å². The number of aryl methyl sites for hydroxylation is 1. The molecule has 1 aliphatic heterocycles. The zero-order chi connectivity index (χ0) is 20.4. The fraction of sp³-hybridized carbons (Fsp3) is 0.476. The predicted molar refractivity (Wildman–Crippen MR) is 116 cm³/mol. The average Bonchev–Trinajstić information content (AvgIpc) is 3.31. The van der Waals surface area contributed by atoms with Gasteiger partial charge in [0.2, 0.25) is 5.91 Å². The number of fused-ring (bicyclic) bond motifs is 1. The Balaban J connectivity index is 1.41. The van der Waals surface area contributed by atoms with Gasteiger partial charge in [-0.1, -0.05) is 12.5 Å². The lowest BCUT2D eigenvalue weighted by Gasteiger charge is -2.31. The van der Waals surface area contributed by atoms with Crippen LogP contribution in [0.5, 0.6) is 0 Å². The molecule has 0 spiro atoms. The van der Waals surface area contributed by atoms with E-state index >= 15 is 0 Å². The zero-order valence-corrected chi connectivity index (χ0v) is 17.9. The molecule has 8 heteroatoms. The highest BCUT2D eigenvalue weighted by atomic mass is 32.1. The number of piperidine rings is 1. The number of amides is 3. The Hall–Kier alpha value is -2.19. The van der Waals surface area contributed by atoms with E-state index in [4.69, 9.17) is 5.73 Å². The minimum absolute atomic E-state index is 0.0388. The lowest BCUT2D eigenvalue weighted by molar-refractivity contribution is -0.121. The molecule has 1 fully saturated rings. The molecular weight excluding hydrogens is 406 g/mol. The standard InChI is InChI=1S/C21H25N3O3S2/c22-18(25)17-14-5-2-1-3-6-15(14)29-20(17)23-19(26)13-8-10-24(11-9-13)21(27)16-7-4-12-28-16/h4,7,12-13H,1-3,5-6,8-11H2,(H2,22,25)(H,23,26). The largest absolute Gasteiger partial charge is 0.365 e. The van der Waals surface area contributed by atoms with E-state index in [0.717, 1.165) is 42.5 Å². The van der Waals surface area contributed by atoms with Crippen LogP contribution in [0.25, 0.3) is 0 Å². The lowest BCUT2D eigenvalue weighted by Crippen LogP contribution is -2.41. The normalized spacial score (nSPS) is 17.4. The van der Waals surface area contributed by atoms with Crippen molar-refractivity contribution in [1.82, 2.24) is 4.90 Å². The Morgan fingerprint density at radius 1 is 1.10 bits per heavy atom. The smallest absolute Gasteiger partial charge is 0.263 e. The summed E-state index contributed by atoms with van der Waals surface area (Å²) in [6, 6.07) is 3.70. The van der Waals surface area contributed by atoms with Crippen LogP contribution in [-0.2, 0) is 17.6 Å². The monoisotopic (exact) mass is 431 g/mol. The van der Waals surface area contributed by atoms with Gasteiger partial charge >= 0.3 is 0 Å². The lowest BCUT2D eigenvalue weighted by atomic mass is 9.95. The van der Waals surface area contributed by atoms with Gasteiger partial charge in [0.25, 0.3) is 11.8 Å². The maximum Gasteiger partial charge on any atom is 0.263 e. The first-order valence-electron chi connectivity index (χ1n) is 10.1. The van der Waals surface area contributed by atoms with Crippen molar-refractivity contribution >= 4 is 45.4 Å². The molecule has 2 aromatic rings. The number of primary amides is 1. The van der Waals surface area contributed by atoms with Gasteiger partial charge in [-0.2, -0.15) is 0 Å². The van der Waals surface area contributed by atoms with Crippen molar-refractivity contribution in [3.8, 4) is 0 Å².